The Balaban J connectivity index is 2.36. The summed E-state index contributed by atoms with van der Waals surface area (Å²) in [5, 5.41) is 5.36. The van der Waals surface area contributed by atoms with E-state index in [2.05, 4.69) is 20.2 Å². The van der Waals surface area contributed by atoms with Gasteiger partial charge in [0.15, 0.2) is 11.6 Å². The molecule has 0 spiro atoms. The van der Waals surface area contributed by atoms with Gasteiger partial charge in [0.05, 0.1) is 21.2 Å². The number of rotatable bonds is 2. The average Bonchev–Trinajstić information content (AvgIpc) is 2.45. The van der Waals surface area contributed by atoms with Crippen LogP contribution in [0.2, 0.25) is 10.0 Å². The summed E-state index contributed by atoms with van der Waals surface area (Å²) in [5.74, 6) is -1.01. The molecule has 0 radical (unpaired) electrons. The van der Waals surface area contributed by atoms with Gasteiger partial charge in [-0.1, -0.05) is 23.2 Å². The normalized spacial score (nSPS) is 12.8. The molecule has 0 N–H and O–H groups in total. The van der Waals surface area contributed by atoms with Crippen molar-refractivity contribution in [1.29, 1.82) is 0 Å². The second-order valence-corrected chi connectivity index (χ2v) is 5.05. The molecule has 0 fully saturated rings. The fourth-order valence-corrected chi connectivity index (χ4v) is 1.92. The zero-order valence-corrected chi connectivity index (χ0v) is 12.6. The van der Waals surface area contributed by atoms with Crippen molar-refractivity contribution < 1.29 is 26.3 Å². The molecule has 0 bridgehead atoms. The maximum atomic E-state index is 12.7. The minimum atomic E-state index is -4.74. The third-order valence-electron chi connectivity index (χ3n) is 2.55. The Morgan fingerprint density at radius 2 is 1.04 bits per heavy atom. The molecular weight excluding hydrogens is 385 g/mol. The smallest absolute Gasteiger partial charge is 0.234 e. The molecule has 24 heavy (non-hydrogen) atoms. The summed E-state index contributed by atoms with van der Waals surface area (Å²) in [4.78, 5) is 6.98. The van der Waals surface area contributed by atoms with Crippen molar-refractivity contribution >= 4 is 34.8 Å². The molecule has 0 saturated carbocycles. The van der Waals surface area contributed by atoms with Gasteiger partial charge in [-0.25, -0.2) is 9.97 Å². The van der Waals surface area contributed by atoms with Crippen molar-refractivity contribution in [2.75, 3.05) is 0 Å². The lowest BCUT2D eigenvalue weighted by atomic mass is 10.2. The van der Waals surface area contributed by atoms with E-state index in [1.165, 1.54) is 0 Å². The first-order valence-electron chi connectivity index (χ1n) is 5.85. The minimum Gasteiger partial charge on any atom is -0.234 e. The first-order chi connectivity index (χ1) is 11.0. The Morgan fingerprint density at radius 1 is 0.708 bits per heavy atom. The van der Waals surface area contributed by atoms with Gasteiger partial charge in [0.2, 0.25) is 0 Å². The molecule has 0 atom stereocenters. The van der Waals surface area contributed by atoms with E-state index in [0.29, 0.717) is 24.5 Å². The lowest BCUT2D eigenvalue weighted by Gasteiger charge is -2.08. The molecule has 2 aromatic heterocycles. The zero-order valence-electron chi connectivity index (χ0n) is 11.1. The number of hydrogen-bond donors (Lipinski definition) is 0. The number of nitrogens with zero attached hydrogens (tertiary/aromatic N) is 4. The van der Waals surface area contributed by atoms with Gasteiger partial charge in [-0.2, -0.15) is 26.3 Å². The van der Waals surface area contributed by atoms with Crippen LogP contribution in [0.1, 0.15) is 11.1 Å². The lowest BCUT2D eigenvalue weighted by molar-refractivity contribution is -0.138. The van der Waals surface area contributed by atoms with Crippen LogP contribution in [0.3, 0.4) is 0 Å². The highest BCUT2D eigenvalue weighted by Gasteiger charge is 2.34. The van der Waals surface area contributed by atoms with Gasteiger partial charge in [0.1, 0.15) is 0 Å². The number of pyridine rings is 2. The maximum absolute atomic E-state index is 12.7. The summed E-state index contributed by atoms with van der Waals surface area (Å²) >= 11 is 10.8. The Bertz CT molecular complexity index is 723. The number of alkyl halides is 6. The largest absolute Gasteiger partial charge is 0.418 e. The van der Waals surface area contributed by atoms with E-state index in [1.54, 1.807) is 0 Å². The maximum Gasteiger partial charge on any atom is 0.418 e. The van der Waals surface area contributed by atoms with Crippen molar-refractivity contribution in [3.05, 3.63) is 45.7 Å². The molecule has 0 aliphatic carbocycles. The van der Waals surface area contributed by atoms with Gasteiger partial charge >= 0.3 is 12.4 Å². The molecule has 2 aromatic rings. The molecule has 2 rings (SSSR count). The van der Waals surface area contributed by atoms with Crippen molar-refractivity contribution in [2.24, 2.45) is 10.2 Å². The molecule has 128 valence electrons. The third-order valence-corrected chi connectivity index (χ3v) is 3.15. The highest BCUT2D eigenvalue weighted by atomic mass is 35.5. The Morgan fingerprint density at radius 3 is 1.33 bits per heavy atom. The molecule has 0 amide bonds. The molecule has 0 unspecified atom stereocenters. The van der Waals surface area contributed by atoms with E-state index in [0.717, 1.165) is 0 Å². The van der Waals surface area contributed by atoms with Crippen LogP contribution in [0.4, 0.5) is 38.0 Å². The molecule has 2 heterocycles. The quantitative estimate of drug-likeness (QED) is 0.451. The first-order valence-corrected chi connectivity index (χ1v) is 6.61. The SMILES string of the molecule is FC(F)(F)c1cc(N=Nc2cc(C(F)(F)F)c(Cl)cn2)ncc1Cl. The van der Waals surface area contributed by atoms with Crippen molar-refractivity contribution in [1.82, 2.24) is 9.97 Å². The van der Waals surface area contributed by atoms with Crippen molar-refractivity contribution in [3.8, 4) is 0 Å². The lowest BCUT2D eigenvalue weighted by Crippen LogP contribution is -2.06. The Labute approximate surface area is 140 Å². The molecular formula is C12H4Cl2F6N4. The van der Waals surface area contributed by atoms with E-state index >= 15 is 0 Å². The Kier molecular flexibility index (Phi) is 5.00. The second-order valence-electron chi connectivity index (χ2n) is 4.24. The van der Waals surface area contributed by atoms with E-state index in [-0.39, 0.29) is 0 Å². The fraction of sp³-hybridized carbons (Fsp3) is 0.167. The molecule has 4 nitrogen and oxygen atoms in total. The summed E-state index contributed by atoms with van der Waals surface area (Å²) in [7, 11) is 0. The molecule has 0 saturated heterocycles. The predicted molar refractivity (Wildman–Crippen MR) is 72.7 cm³/mol. The van der Waals surface area contributed by atoms with Gasteiger partial charge in [-0.3, -0.25) is 0 Å². The average molecular weight is 389 g/mol. The first kappa shape index (κ1) is 18.4. The number of halogens is 8. The predicted octanol–water partition coefficient (Wildman–Crippen LogP) is 6.24. The number of azo groups is 1. The van der Waals surface area contributed by atoms with Gasteiger partial charge in [0, 0.05) is 12.4 Å². The third kappa shape index (κ3) is 4.32. The summed E-state index contributed by atoms with van der Waals surface area (Å²) in [6, 6.07) is 1.01. The van der Waals surface area contributed by atoms with Crippen LogP contribution < -0.4 is 0 Å². The fourth-order valence-electron chi connectivity index (χ4n) is 1.50. The molecule has 0 aromatic carbocycles. The van der Waals surface area contributed by atoms with E-state index in [4.69, 9.17) is 23.2 Å². The monoisotopic (exact) mass is 388 g/mol. The van der Waals surface area contributed by atoms with Crippen LogP contribution in [-0.2, 0) is 12.4 Å². The highest BCUT2D eigenvalue weighted by molar-refractivity contribution is 6.31. The molecule has 0 aliphatic rings. The molecule has 0 aliphatic heterocycles. The van der Waals surface area contributed by atoms with Crippen LogP contribution in [-0.4, -0.2) is 9.97 Å². The molecule has 12 heteroatoms. The van der Waals surface area contributed by atoms with Crippen LogP contribution >= 0.6 is 23.2 Å². The van der Waals surface area contributed by atoms with Gasteiger partial charge in [-0.05, 0) is 12.1 Å². The van der Waals surface area contributed by atoms with E-state index in [1.807, 2.05) is 0 Å². The summed E-state index contributed by atoms with van der Waals surface area (Å²) in [6.07, 6.45) is -8.08. The van der Waals surface area contributed by atoms with E-state index < -0.39 is 45.2 Å². The van der Waals surface area contributed by atoms with Gasteiger partial charge in [0.25, 0.3) is 0 Å². The van der Waals surface area contributed by atoms with Crippen LogP contribution in [0.15, 0.2) is 34.8 Å². The van der Waals surface area contributed by atoms with Crippen LogP contribution in [0, 0.1) is 0 Å². The zero-order chi connectivity index (χ0) is 18.1. The number of aromatic nitrogens is 2. The van der Waals surface area contributed by atoms with Crippen LogP contribution in [0.25, 0.3) is 0 Å². The van der Waals surface area contributed by atoms with Gasteiger partial charge < -0.3 is 0 Å². The summed E-state index contributed by atoms with van der Waals surface area (Å²) < 4.78 is 76.1. The van der Waals surface area contributed by atoms with E-state index in [9.17, 15) is 26.3 Å². The van der Waals surface area contributed by atoms with Crippen LogP contribution in [0.5, 0.6) is 0 Å². The Hall–Kier alpha value is -1.94. The second kappa shape index (κ2) is 6.52. The number of hydrogen-bond acceptors (Lipinski definition) is 4. The van der Waals surface area contributed by atoms with Crippen molar-refractivity contribution in [2.45, 2.75) is 12.4 Å². The van der Waals surface area contributed by atoms with Gasteiger partial charge in [-0.15, -0.1) is 10.2 Å². The summed E-state index contributed by atoms with van der Waals surface area (Å²) in [6.45, 7) is 0. The minimum absolute atomic E-state index is 0.503. The standard InChI is InChI=1S/C12H4Cl2F6N4/c13-7-3-21-9(1-5(7)11(15,16)17)23-24-10-2-6(12(18,19)20)8(14)4-22-10/h1-4H. The topological polar surface area (TPSA) is 50.5 Å². The summed E-state index contributed by atoms with van der Waals surface area (Å²) in [5.41, 5.74) is -2.40. The highest BCUT2D eigenvalue weighted by Crippen LogP contribution is 2.37. The van der Waals surface area contributed by atoms with Crippen molar-refractivity contribution in [3.63, 3.8) is 0 Å².